The minimum absolute atomic E-state index is 0.267. The molecule has 6 heteroatoms. The zero-order valence-electron chi connectivity index (χ0n) is 10.7. The zero-order valence-corrected chi connectivity index (χ0v) is 11.5. The number of piperazine rings is 1. The van der Waals surface area contributed by atoms with Gasteiger partial charge in [-0.3, -0.25) is 4.90 Å². The molecule has 0 unspecified atom stereocenters. The fourth-order valence-corrected chi connectivity index (χ4v) is 2.42. The predicted molar refractivity (Wildman–Crippen MR) is 72.7 cm³/mol. The highest BCUT2D eigenvalue weighted by molar-refractivity contribution is 6.32. The van der Waals surface area contributed by atoms with Crippen molar-refractivity contribution < 1.29 is 13.9 Å². The van der Waals surface area contributed by atoms with Crippen LogP contribution in [0.3, 0.4) is 0 Å². The molecular formula is C13H16ClFN2O2. The normalized spacial score (nSPS) is 16.5. The first-order valence-electron chi connectivity index (χ1n) is 6.09. The second-order valence-electron chi connectivity index (χ2n) is 4.39. The number of carbonyl (C=O) groups is 1. The highest BCUT2D eigenvalue weighted by Crippen LogP contribution is 2.32. The molecule has 0 N–H and O–H groups in total. The molecule has 1 aliphatic rings. The van der Waals surface area contributed by atoms with Crippen molar-refractivity contribution in [2.75, 3.05) is 44.7 Å². The van der Waals surface area contributed by atoms with Gasteiger partial charge in [-0.05, 0) is 6.07 Å². The summed E-state index contributed by atoms with van der Waals surface area (Å²) < 4.78 is 19.1. The van der Waals surface area contributed by atoms with Gasteiger partial charge in [0.25, 0.3) is 0 Å². The molecule has 0 aromatic heterocycles. The van der Waals surface area contributed by atoms with Crippen LogP contribution >= 0.6 is 11.6 Å². The second-order valence-corrected chi connectivity index (χ2v) is 4.80. The molecular weight excluding hydrogens is 271 g/mol. The summed E-state index contributed by atoms with van der Waals surface area (Å²) >= 11 is 5.87. The molecule has 0 saturated carbocycles. The van der Waals surface area contributed by atoms with Crippen molar-refractivity contribution in [3.63, 3.8) is 0 Å². The van der Waals surface area contributed by atoms with Gasteiger partial charge in [0, 0.05) is 32.2 Å². The Balaban J connectivity index is 2.13. The summed E-state index contributed by atoms with van der Waals surface area (Å²) in [6.07, 6.45) is 0.890. The van der Waals surface area contributed by atoms with Gasteiger partial charge in [0.15, 0.2) is 0 Å². The molecule has 1 aromatic rings. The number of aldehydes is 1. The molecule has 1 aromatic carbocycles. The number of ether oxygens (including phenoxy) is 1. The standard InChI is InChI=1S/C13H16ClFN2O2/c1-19-13-9-12(11(15)8-10(13)14)17-4-2-16(3-5-17)6-7-18/h7-9H,2-6H2,1H3. The zero-order chi connectivity index (χ0) is 13.8. The summed E-state index contributed by atoms with van der Waals surface area (Å²) in [5.41, 5.74) is 0.493. The van der Waals surface area contributed by atoms with Crippen molar-refractivity contribution in [3.05, 3.63) is 23.0 Å². The first-order valence-corrected chi connectivity index (χ1v) is 6.47. The Kier molecular flexibility index (Phi) is 4.61. The van der Waals surface area contributed by atoms with Crippen LogP contribution in [-0.4, -0.2) is 51.0 Å². The molecule has 0 radical (unpaired) electrons. The van der Waals surface area contributed by atoms with Crippen molar-refractivity contribution in [2.45, 2.75) is 0 Å². The van der Waals surface area contributed by atoms with Gasteiger partial charge >= 0.3 is 0 Å². The number of carbonyl (C=O) groups excluding carboxylic acids is 1. The smallest absolute Gasteiger partial charge is 0.148 e. The van der Waals surface area contributed by atoms with Crippen LogP contribution in [0.2, 0.25) is 5.02 Å². The third kappa shape index (κ3) is 3.16. The summed E-state index contributed by atoms with van der Waals surface area (Å²) in [6, 6.07) is 2.89. The lowest BCUT2D eigenvalue weighted by Gasteiger charge is -2.35. The van der Waals surface area contributed by atoms with E-state index in [1.54, 1.807) is 6.07 Å². The third-order valence-corrected chi connectivity index (χ3v) is 3.56. The molecule has 2 rings (SSSR count). The molecule has 4 nitrogen and oxygen atoms in total. The fraction of sp³-hybridized carbons (Fsp3) is 0.462. The Labute approximate surface area is 116 Å². The molecule has 1 fully saturated rings. The van der Waals surface area contributed by atoms with Crippen LogP contribution in [0, 0.1) is 5.82 Å². The molecule has 0 aliphatic carbocycles. The maximum absolute atomic E-state index is 13.9. The Morgan fingerprint density at radius 3 is 2.63 bits per heavy atom. The number of anilines is 1. The number of hydrogen-bond acceptors (Lipinski definition) is 4. The maximum Gasteiger partial charge on any atom is 0.148 e. The lowest BCUT2D eigenvalue weighted by molar-refractivity contribution is -0.108. The minimum atomic E-state index is -0.352. The van der Waals surface area contributed by atoms with Crippen LogP contribution < -0.4 is 9.64 Å². The highest BCUT2D eigenvalue weighted by Gasteiger charge is 2.20. The summed E-state index contributed by atoms with van der Waals surface area (Å²) in [6.45, 7) is 3.26. The van der Waals surface area contributed by atoms with E-state index in [1.807, 2.05) is 9.80 Å². The average molecular weight is 287 g/mol. The quantitative estimate of drug-likeness (QED) is 0.791. The van der Waals surface area contributed by atoms with Crippen LogP contribution in [0.15, 0.2) is 12.1 Å². The van der Waals surface area contributed by atoms with Crippen molar-refractivity contribution >= 4 is 23.6 Å². The van der Waals surface area contributed by atoms with Crippen molar-refractivity contribution in [2.24, 2.45) is 0 Å². The molecule has 0 bridgehead atoms. The SMILES string of the molecule is COc1cc(N2CCN(CC=O)CC2)c(F)cc1Cl. The molecule has 1 saturated heterocycles. The van der Waals surface area contributed by atoms with Crippen LogP contribution in [0.1, 0.15) is 0 Å². The minimum Gasteiger partial charge on any atom is -0.495 e. The number of rotatable bonds is 4. The van der Waals surface area contributed by atoms with Crippen LogP contribution in [0.25, 0.3) is 0 Å². The van der Waals surface area contributed by atoms with Gasteiger partial charge in [-0.15, -0.1) is 0 Å². The van der Waals surface area contributed by atoms with Gasteiger partial charge in [-0.1, -0.05) is 11.6 Å². The Bertz CT molecular complexity index is 462. The van der Waals surface area contributed by atoms with E-state index in [0.29, 0.717) is 31.1 Å². The molecule has 0 spiro atoms. The number of nitrogens with zero attached hydrogens (tertiary/aromatic N) is 2. The number of methoxy groups -OCH3 is 1. The van der Waals surface area contributed by atoms with Gasteiger partial charge in [-0.2, -0.15) is 0 Å². The van der Waals surface area contributed by atoms with E-state index in [4.69, 9.17) is 16.3 Å². The van der Waals surface area contributed by atoms with Gasteiger partial charge in [-0.25, -0.2) is 4.39 Å². The van der Waals surface area contributed by atoms with Crippen molar-refractivity contribution in [3.8, 4) is 5.75 Å². The van der Waals surface area contributed by atoms with Gasteiger partial charge < -0.3 is 14.4 Å². The van der Waals surface area contributed by atoms with Crippen LogP contribution in [0.4, 0.5) is 10.1 Å². The topological polar surface area (TPSA) is 32.8 Å². The van der Waals surface area contributed by atoms with Crippen molar-refractivity contribution in [1.29, 1.82) is 0 Å². The van der Waals surface area contributed by atoms with E-state index in [0.717, 1.165) is 19.4 Å². The molecule has 0 atom stereocenters. The van der Waals surface area contributed by atoms with Crippen LogP contribution in [-0.2, 0) is 4.79 Å². The van der Waals surface area contributed by atoms with Gasteiger partial charge in [0.2, 0.25) is 0 Å². The monoisotopic (exact) mass is 286 g/mol. The number of halogens is 2. The number of hydrogen-bond donors (Lipinski definition) is 0. The van der Waals surface area contributed by atoms with E-state index >= 15 is 0 Å². The largest absolute Gasteiger partial charge is 0.495 e. The molecule has 1 heterocycles. The third-order valence-electron chi connectivity index (χ3n) is 3.27. The maximum atomic E-state index is 13.9. The number of benzene rings is 1. The molecule has 0 amide bonds. The lowest BCUT2D eigenvalue weighted by Crippen LogP contribution is -2.47. The predicted octanol–water partition coefficient (Wildman–Crippen LogP) is 1.81. The summed E-state index contributed by atoms with van der Waals surface area (Å²) in [7, 11) is 1.50. The first kappa shape index (κ1) is 14.1. The second kappa shape index (κ2) is 6.21. The van der Waals surface area contributed by atoms with E-state index in [2.05, 4.69) is 0 Å². The Hall–Kier alpha value is -1.33. The van der Waals surface area contributed by atoms with E-state index < -0.39 is 0 Å². The lowest BCUT2D eigenvalue weighted by atomic mass is 10.2. The molecule has 19 heavy (non-hydrogen) atoms. The van der Waals surface area contributed by atoms with E-state index in [-0.39, 0.29) is 10.8 Å². The average Bonchev–Trinajstić information content (AvgIpc) is 2.41. The summed E-state index contributed by atoms with van der Waals surface area (Å²) in [4.78, 5) is 14.4. The summed E-state index contributed by atoms with van der Waals surface area (Å²) in [5.74, 6) is 0.114. The Morgan fingerprint density at radius 2 is 2.05 bits per heavy atom. The molecule has 104 valence electrons. The highest BCUT2D eigenvalue weighted by atomic mass is 35.5. The van der Waals surface area contributed by atoms with Gasteiger partial charge in [0.1, 0.15) is 17.9 Å². The summed E-state index contributed by atoms with van der Waals surface area (Å²) in [5, 5.41) is 0.267. The van der Waals surface area contributed by atoms with Crippen molar-refractivity contribution in [1.82, 2.24) is 4.90 Å². The Morgan fingerprint density at radius 1 is 1.37 bits per heavy atom. The fourth-order valence-electron chi connectivity index (χ4n) is 2.19. The first-order chi connectivity index (χ1) is 9.15. The van der Waals surface area contributed by atoms with Gasteiger partial charge in [0.05, 0.1) is 24.4 Å². The van der Waals surface area contributed by atoms with E-state index in [9.17, 15) is 9.18 Å². The van der Waals surface area contributed by atoms with Crippen LogP contribution in [0.5, 0.6) is 5.75 Å². The molecule has 1 aliphatic heterocycles. The van der Waals surface area contributed by atoms with E-state index in [1.165, 1.54) is 13.2 Å².